The van der Waals surface area contributed by atoms with Gasteiger partial charge in [-0.25, -0.2) is 9.59 Å². The molecule has 0 saturated carbocycles. The molecule has 12 nitrogen and oxygen atoms in total. The molecule has 0 amide bonds. The Kier molecular flexibility index (Phi) is 24.6. The molecule has 0 heterocycles. The fourth-order valence-electron chi connectivity index (χ4n) is 2.88. The molecule has 12 heteroatoms. The molecule has 234 valence electrons. The summed E-state index contributed by atoms with van der Waals surface area (Å²) in [5, 5.41) is 34.9. The lowest BCUT2D eigenvalue weighted by Gasteiger charge is -2.20. The molecule has 4 N–H and O–H groups in total. The van der Waals surface area contributed by atoms with Gasteiger partial charge in [0, 0.05) is 13.2 Å². The fourth-order valence-corrected chi connectivity index (χ4v) is 2.88. The number of aromatic carboxylic acids is 2. The van der Waals surface area contributed by atoms with Crippen molar-refractivity contribution in [2.45, 2.75) is 119 Å². The summed E-state index contributed by atoms with van der Waals surface area (Å²) in [6, 6.07) is 5.48. The maximum Gasteiger partial charge on any atom is 0.336 e. The first kappa shape index (κ1) is 40.0. The van der Waals surface area contributed by atoms with Crippen molar-refractivity contribution >= 4 is 11.9 Å². The van der Waals surface area contributed by atoms with Gasteiger partial charge in [-0.1, -0.05) is 38.8 Å². The highest BCUT2D eigenvalue weighted by atomic mass is 16.8. The smallest absolute Gasteiger partial charge is 0.336 e. The van der Waals surface area contributed by atoms with Crippen molar-refractivity contribution in [2.24, 2.45) is 0 Å². The Balaban J connectivity index is 0. The van der Waals surface area contributed by atoms with E-state index in [2.05, 4.69) is 13.8 Å². The summed E-state index contributed by atoms with van der Waals surface area (Å²) in [7, 11) is 0. The summed E-state index contributed by atoms with van der Waals surface area (Å²) in [5.74, 6) is -2.46. The summed E-state index contributed by atoms with van der Waals surface area (Å²) in [6.45, 7) is 15.8. The second-order valence-corrected chi connectivity index (χ2v) is 8.62. The summed E-state index contributed by atoms with van der Waals surface area (Å²) in [6.07, 6.45) is 1.14. The number of aliphatic hydroxyl groups excluding tert-OH is 2. The van der Waals surface area contributed by atoms with E-state index in [0.29, 0.717) is 13.2 Å². The maximum absolute atomic E-state index is 10.5. The molecule has 0 spiro atoms. The van der Waals surface area contributed by atoms with E-state index in [9.17, 15) is 9.59 Å². The van der Waals surface area contributed by atoms with Crippen LogP contribution in [0.4, 0.5) is 0 Å². The van der Waals surface area contributed by atoms with Crippen LogP contribution in [0.1, 0.15) is 102 Å². The fraction of sp³-hybridized carbons (Fsp3) is 0.714. The molecule has 0 bridgehead atoms. The zero-order chi connectivity index (χ0) is 31.1. The molecule has 1 rings (SSSR count). The zero-order valence-corrected chi connectivity index (χ0v) is 25.1. The maximum atomic E-state index is 10.5. The quantitative estimate of drug-likeness (QED) is 0.139. The lowest BCUT2D eigenvalue weighted by Crippen LogP contribution is -2.25. The molecule has 1 aromatic carbocycles. The van der Waals surface area contributed by atoms with Crippen LogP contribution in [-0.4, -0.2) is 83.3 Å². The van der Waals surface area contributed by atoms with Crippen molar-refractivity contribution in [2.75, 3.05) is 13.2 Å². The van der Waals surface area contributed by atoms with E-state index >= 15 is 0 Å². The largest absolute Gasteiger partial charge is 0.478 e. The summed E-state index contributed by atoms with van der Waals surface area (Å²) in [4.78, 5) is 20.9. The molecule has 6 atom stereocenters. The molecule has 0 radical (unpaired) electrons. The number of rotatable bonds is 18. The van der Waals surface area contributed by atoms with Crippen LogP contribution in [0.5, 0.6) is 0 Å². The van der Waals surface area contributed by atoms with E-state index in [1.807, 2.05) is 13.8 Å². The molecule has 40 heavy (non-hydrogen) atoms. The Bertz CT molecular complexity index is 708. The van der Waals surface area contributed by atoms with Gasteiger partial charge in [-0.2, -0.15) is 0 Å². The number of carbonyl (C=O) groups is 2. The van der Waals surface area contributed by atoms with Crippen molar-refractivity contribution in [1.82, 2.24) is 0 Å². The van der Waals surface area contributed by atoms with Gasteiger partial charge in [-0.3, -0.25) is 0 Å². The zero-order valence-electron chi connectivity index (χ0n) is 25.1. The Morgan fingerprint density at radius 2 is 0.950 bits per heavy atom. The molecule has 0 aromatic heterocycles. The van der Waals surface area contributed by atoms with E-state index in [0.717, 1.165) is 25.7 Å². The van der Waals surface area contributed by atoms with Crippen LogP contribution in [0, 0.1) is 0 Å². The van der Waals surface area contributed by atoms with Crippen molar-refractivity contribution in [3.05, 3.63) is 35.4 Å². The van der Waals surface area contributed by atoms with Gasteiger partial charge < -0.3 is 48.8 Å². The molecule has 0 saturated heterocycles. The number of hydrogen-bond donors (Lipinski definition) is 4. The van der Waals surface area contributed by atoms with Crippen LogP contribution in [0.2, 0.25) is 0 Å². The Hall–Kier alpha value is -2.16. The van der Waals surface area contributed by atoms with Crippen LogP contribution in [0.15, 0.2) is 24.3 Å². The van der Waals surface area contributed by atoms with E-state index < -0.39 is 37.1 Å². The summed E-state index contributed by atoms with van der Waals surface area (Å²) >= 11 is 0. The standard InChI is InChI=1S/2C10H22O4.C8H6O4/c2*1-5-6-7-12-9(3)14-10(4)13-8(2)11;9-7(10)5-3-1-2-4-6(5)8(11)12/h2*8-11H,5-7H2,1-4H3;1-4H,(H,9,10)(H,11,12). The molecule has 6 unspecified atom stereocenters. The second kappa shape index (κ2) is 24.6. The minimum atomic E-state index is -1.23. The first-order valence-corrected chi connectivity index (χ1v) is 13.5. The normalized spacial score (nSPS) is 15.2. The average molecular weight is 579 g/mol. The van der Waals surface area contributed by atoms with Gasteiger partial charge in [0.25, 0.3) is 0 Å². The number of carboxylic acid groups (broad SMARTS) is 2. The highest BCUT2D eigenvalue weighted by molar-refractivity contribution is 6.01. The van der Waals surface area contributed by atoms with Crippen molar-refractivity contribution in [3.63, 3.8) is 0 Å². The lowest BCUT2D eigenvalue weighted by molar-refractivity contribution is -0.271. The molecular formula is C28H50O12. The third kappa shape index (κ3) is 23.7. The molecule has 1 aromatic rings. The Morgan fingerprint density at radius 3 is 1.20 bits per heavy atom. The lowest BCUT2D eigenvalue weighted by atomic mass is 10.1. The van der Waals surface area contributed by atoms with Gasteiger partial charge in [-0.05, 0) is 66.5 Å². The minimum absolute atomic E-state index is 0.190. The van der Waals surface area contributed by atoms with E-state index in [4.69, 9.17) is 48.8 Å². The topological polar surface area (TPSA) is 170 Å². The minimum Gasteiger partial charge on any atom is -0.478 e. The van der Waals surface area contributed by atoms with E-state index in [1.54, 1.807) is 27.7 Å². The molecular weight excluding hydrogens is 528 g/mol. The van der Waals surface area contributed by atoms with Gasteiger partial charge in [0.2, 0.25) is 0 Å². The summed E-state index contributed by atoms with van der Waals surface area (Å²) < 4.78 is 31.3. The second-order valence-electron chi connectivity index (χ2n) is 8.62. The number of benzene rings is 1. The molecule has 0 fully saturated rings. The van der Waals surface area contributed by atoms with Gasteiger partial charge >= 0.3 is 11.9 Å². The number of hydrogen-bond acceptors (Lipinski definition) is 10. The van der Waals surface area contributed by atoms with Crippen LogP contribution in [0.3, 0.4) is 0 Å². The van der Waals surface area contributed by atoms with Crippen LogP contribution in [0.25, 0.3) is 0 Å². The molecule has 0 aliphatic heterocycles. The van der Waals surface area contributed by atoms with E-state index in [1.165, 1.54) is 24.3 Å². The van der Waals surface area contributed by atoms with Gasteiger partial charge in [-0.15, -0.1) is 0 Å². The third-order valence-corrected chi connectivity index (χ3v) is 4.63. The first-order valence-electron chi connectivity index (χ1n) is 13.5. The number of unbranched alkanes of at least 4 members (excludes halogenated alkanes) is 2. The van der Waals surface area contributed by atoms with Crippen molar-refractivity contribution in [1.29, 1.82) is 0 Å². The number of aliphatic hydroxyl groups is 2. The van der Waals surface area contributed by atoms with Gasteiger partial charge in [0.15, 0.2) is 37.7 Å². The van der Waals surface area contributed by atoms with Gasteiger partial charge in [0.1, 0.15) is 0 Å². The van der Waals surface area contributed by atoms with Crippen molar-refractivity contribution < 1.29 is 58.4 Å². The average Bonchev–Trinajstić information content (AvgIpc) is 2.84. The SMILES string of the molecule is CCCCOC(C)OC(C)OC(C)O.CCCCOC(C)OC(C)OC(C)O.O=C(O)c1ccccc1C(=O)O. The first-order chi connectivity index (χ1) is 18.7. The highest BCUT2D eigenvalue weighted by Gasteiger charge is 2.14. The van der Waals surface area contributed by atoms with E-state index in [-0.39, 0.29) is 23.7 Å². The monoisotopic (exact) mass is 578 g/mol. The number of ether oxygens (including phenoxy) is 6. The molecule has 0 aliphatic rings. The molecule has 0 aliphatic carbocycles. The third-order valence-electron chi connectivity index (χ3n) is 4.63. The Morgan fingerprint density at radius 1 is 0.625 bits per heavy atom. The predicted octanol–water partition coefficient (Wildman–Crippen LogP) is 4.82. The van der Waals surface area contributed by atoms with Crippen LogP contribution in [-0.2, 0) is 28.4 Å². The Labute approximate surface area is 238 Å². The van der Waals surface area contributed by atoms with Crippen molar-refractivity contribution in [3.8, 4) is 0 Å². The van der Waals surface area contributed by atoms with Crippen LogP contribution < -0.4 is 0 Å². The summed E-state index contributed by atoms with van der Waals surface area (Å²) in [5.41, 5.74) is -0.380. The highest BCUT2D eigenvalue weighted by Crippen LogP contribution is 2.08. The number of carboxylic acids is 2. The predicted molar refractivity (Wildman–Crippen MR) is 148 cm³/mol. The van der Waals surface area contributed by atoms with Gasteiger partial charge in [0.05, 0.1) is 11.1 Å². The van der Waals surface area contributed by atoms with Crippen LogP contribution >= 0.6 is 0 Å².